The van der Waals surface area contributed by atoms with Gasteiger partial charge in [-0.3, -0.25) is 14.4 Å². The lowest BCUT2D eigenvalue weighted by Gasteiger charge is -2.21. The van der Waals surface area contributed by atoms with Crippen molar-refractivity contribution in [2.24, 2.45) is 11.5 Å². The summed E-state index contributed by atoms with van der Waals surface area (Å²) in [6, 6.07) is 3.41. The molecule has 0 aliphatic heterocycles. The number of carbonyl (C=O) groups excluding carboxylic acids is 2. The van der Waals surface area contributed by atoms with Crippen molar-refractivity contribution >= 4 is 37.8 Å². The van der Waals surface area contributed by atoms with Crippen LogP contribution < -0.4 is 20.9 Å². The van der Waals surface area contributed by atoms with Crippen LogP contribution in [0.3, 0.4) is 0 Å². The first-order valence-electron chi connectivity index (χ1n) is 7.64. The smallest absolute Gasteiger partial charge is 0.322 e. The molecule has 1 rings (SSSR count). The third kappa shape index (κ3) is 6.88. The molecule has 0 aliphatic carbocycles. The highest BCUT2D eigenvalue weighted by Gasteiger charge is 2.36. The Kier molecular flexibility index (Phi) is 7.63. The average Bonchev–Trinajstić information content (AvgIpc) is 2.52. The van der Waals surface area contributed by atoms with E-state index in [1.165, 1.54) is 24.3 Å². The minimum atomic E-state index is -4.79. The first-order chi connectivity index (χ1) is 12.7. The molecular formula is C14H20N4O8S2. The fourth-order valence-corrected chi connectivity index (χ4v) is 5.09. The second-order valence-corrected chi connectivity index (χ2v) is 9.43. The van der Waals surface area contributed by atoms with Gasteiger partial charge in [-0.2, -0.15) is 9.44 Å². The number of sulfonamides is 2. The molecule has 0 aromatic heterocycles. The average molecular weight is 436 g/mol. The summed E-state index contributed by atoms with van der Waals surface area (Å²) in [5.74, 6) is -3.99. The van der Waals surface area contributed by atoms with Crippen molar-refractivity contribution in [2.75, 3.05) is 0 Å². The Morgan fingerprint density at radius 1 is 0.964 bits per heavy atom. The molecular weight excluding hydrogens is 416 g/mol. The van der Waals surface area contributed by atoms with Crippen molar-refractivity contribution in [3.05, 3.63) is 29.8 Å². The molecule has 12 nitrogen and oxygen atoms in total. The Hall–Kier alpha value is -2.55. The van der Waals surface area contributed by atoms with E-state index in [-0.39, 0.29) is 4.90 Å². The van der Waals surface area contributed by atoms with Crippen molar-refractivity contribution in [3.63, 3.8) is 0 Å². The van der Waals surface area contributed by atoms with Crippen molar-refractivity contribution in [1.29, 1.82) is 0 Å². The summed E-state index contributed by atoms with van der Waals surface area (Å²) in [7, 11) is -9.19. The van der Waals surface area contributed by atoms with Crippen LogP contribution in [0.2, 0.25) is 0 Å². The Labute approximate surface area is 161 Å². The molecule has 0 spiro atoms. The van der Waals surface area contributed by atoms with Gasteiger partial charge in [-0.05, 0) is 19.1 Å². The minimum absolute atomic E-state index is 0.283. The summed E-state index contributed by atoms with van der Waals surface area (Å²) in [5.41, 5.74) is 10.6. The number of amides is 2. The molecule has 0 radical (unpaired) electrons. The monoisotopic (exact) mass is 436 g/mol. The van der Waals surface area contributed by atoms with Gasteiger partial charge in [-0.25, -0.2) is 16.8 Å². The summed E-state index contributed by atoms with van der Waals surface area (Å²) in [6.07, 6.45) is -1.87. The number of hydrogen-bond donors (Lipinski definition) is 5. The number of carboxylic acid groups (broad SMARTS) is 1. The molecule has 0 aliphatic rings. The second kappa shape index (κ2) is 9.09. The first kappa shape index (κ1) is 23.5. The summed E-state index contributed by atoms with van der Waals surface area (Å²) >= 11 is 0. The number of aliphatic carboxylic acids is 1. The van der Waals surface area contributed by atoms with E-state index in [9.17, 15) is 31.2 Å². The summed E-state index contributed by atoms with van der Waals surface area (Å²) in [4.78, 5) is 33.0. The molecule has 1 aromatic carbocycles. The number of aryl methyl sites for hydroxylation is 1. The van der Waals surface area contributed by atoms with Gasteiger partial charge in [-0.1, -0.05) is 17.7 Å². The van der Waals surface area contributed by atoms with Crippen LogP contribution in [0.4, 0.5) is 0 Å². The number of nitrogens with one attached hydrogen (secondary N) is 2. The van der Waals surface area contributed by atoms with E-state index in [0.29, 0.717) is 0 Å². The first-order valence-corrected chi connectivity index (χ1v) is 10.7. The lowest BCUT2D eigenvalue weighted by molar-refractivity contribution is -0.140. The standard InChI is InChI=1S/C14H20N4O8S2/c1-8-2-4-9(5-3-8)27(23,24)18-13(7-12(16)20)28(25,26)17-10(14(21)22)6-11(15)19/h2-5,10,13,17-18H,6-7H2,1H3,(H2,15,19)(H2,16,20)(H,21,22)/t10-,13+/m0/s1. The summed E-state index contributed by atoms with van der Waals surface area (Å²) in [5, 5.41) is 6.90. The number of carboxylic acids is 1. The lowest BCUT2D eigenvalue weighted by Crippen LogP contribution is -2.52. The van der Waals surface area contributed by atoms with Gasteiger partial charge >= 0.3 is 5.97 Å². The Morgan fingerprint density at radius 2 is 1.46 bits per heavy atom. The lowest BCUT2D eigenvalue weighted by atomic mass is 10.2. The van der Waals surface area contributed by atoms with Gasteiger partial charge in [0.2, 0.25) is 31.9 Å². The van der Waals surface area contributed by atoms with Gasteiger partial charge in [0.1, 0.15) is 11.4 Å². The number of nitrogens with two attached hydrogens (primary N) is 2. The zero-order valence-corrected chi connectivity index (χ0v) is 16.3. The number of carbonyl (C=O) groups is 3. The summed E-state index contributed by atoms with van der Waals surface area (Å²) < 4.78 is 53.3. The van der Waals surface area contributed by atoms with Crippen LogP contribution in [0.15, 0.2) is 29.2 Å². The molecule has 0 fully saturated rings. The minimum Gasteiger partial charge on any atom is -0.480 e. The maximum Gasteiger partial charge on any atom is 0.322 e. The van der Waals surface area contributed by atoms with Gasteiger partial charge in [0.05, 0.1) is 17.7 Å². The van der Waals surface area contributed by atoms with E-state index >= 15 is 0 Å². The van der Waals surface area contributed by atoms with Crippen LogP contribution in [0.1, 0.15) is 18.4 Å². The van der Waals surface area contributed by atoms with E-state index in [1.807, 2.05) is 4.72 Å². The maximum atomic E-state index is 12.5. The Morgan fingerprint density at radius 3 is 1.89 bits per heavy atom. The van der Waals surface area contributed by atoms with Crippen LogP contribution in [0.5, 0.6) is 0 Å². The van der Waals surface area contributed by atoms with Crippen molar-refractivity contribution in [1.82, 2.24) is 9.44 Å². The Balaban J connectivity index is 3.21. The van der Waals surface area contributed by atoms with Gasteiger partial charge < -0.3 is 16.6 Å². The normalized spacial score (nSPS) is 14.2. The topological polar surface area (TPSA) is 216 Å². The third-order valence-corrected chi connectivity index (χ3v) is 6.67. The van der Waals surface area contributed by atoms with Crippen LogP contribution >= 0.6 is 0 Å². The van der Waals surface area contributed by atoms with Crippen LogP contribution in [0, 0.1) is 6.92 Å². The molecule has 7 N–H and O–H groups in total. The van der Waals surface area contributed by atoms with Crippen molar-refractivity contribution < 1.29 is 36.3 Å². The predicted molar refractivity (Wildman–Crippen MR) is 96.4 cm³/mol. The Bertz CT molecular complexity index is 958. The van der Waals surface area contributed by atoms with E-state index in [2.05, 4.69) is 0 Å². The predicted octanol–water partition coefficient (Wildman–Crippen LogP) is -2.28. The highest BCUT2D eigenvalue weighted by molar-refractivity contribution is 7.93. The van der Waals surface area contributed by atoms with Gasteiger partial charge in [0, 0.05) is 0 Å². The zero-order valence-electron chi connectivity index (χ0n) is 14.7. The molecule has 2 atom stereocenters. The van der Waals surface area contributed by atoms with E-state index in [0.717, 1.165) is 5.56 Å². The molecule has 28 heavy (non-hydrogen) atoms. The number of primary amides is 2. The van der Waals surface area contributed by atoms with E-state index in [4.69, 9.17) is 16.6 Å². The zero-order chi connectivity index (χ0) is 21.7. The van der Waals surface area contributed by atoms with Gasteiger partial charge in [0.25, 0.3) is 0 Å². The quantitative estimate of drug-likeness (QED) is 0.254. The molecule has 156 valence electrons. The molecule has 0 saturated heterocycles. The van der Waals surface area contributed by atoms with Gasteiger partial charge in [0.15, 0.2) is 0 Å². The molecule has 2 amide bonds. The SMILES string of the molecule is Cc1ccc(S(=O)(=O)N[C@@H](CC(N)=O)S(=O)(=O)N[C@@H](CC(N)=O)C(=O)O)cc1. The number of rotatable bonds is 11. The molecule has 14 heteroatoms. The van der Waals surface area contributed by atoms with Crippen LogP contribution in [0.25, 0.3) is 0 Å². The van der Waals surface area contributed by atoms with Crippen LogP contribution in [-0.4, -0.2) is 51.1 Å². The molecule has 0 bridgehead atoms. The number of hydrogen-bond acceptors (Lipinski definition) is 7. The van der Waals surface area contributed by atoms with E-state index < -0.39 is 62.1 Å². The molecule has 1 aromatic rings. The number of benzene rings is 1. The van der Waals surface area contributed by atoms with Crippen LogP contribution in [-0.2, 0) is 34.4 Å². The maximum absolute atomic E-state index is 12.5. The van der Waals surface area contributed by atoms with Gasteiger partial charge in [-0.15, -0.1) is 0 Å². The molecule has 0 heterocycles. The largest absolute Gasteiger partial charge is 0.480 e. The van der Waals surface area contributed by atoms with Crippen molar-refractivity contribution in [3.8, 4) is 0 Å². The van der Waals surface area contributed by atoms with Crippen molar-refractivity contribution in [2.45, 2.75) is 36.1 Å². The fourth-order valence-electron chi connectivity index (χ4n) is 2.02. The summed E-state index contributed by atoms with van der Waals surface area (Å²) in [6.45, 7) is 1.71. The highest BCUT2D eigenvalue weighted by atomic mass is 32.2. The third-order valence-electron chi connectivity index (χ3n) is 3.39. The highest BCUT2D eigenvalue weighted by Crippen LogP contribution is 2.13. The molecule has 0 unspecified atom stereocenters. The molecule has 0 saturated carbocycles. The fraction of sp³-hybridized carbons (Fsp3) is 0.357. The van der Waals surface area contributed by atoms with E-state index in [1.54, 1.807) is 11.6 Å². The second-order valence-electron chi connectivity index (χ2n) is 5.82.